The largest absolute Gasteiger partial charge is 0.0950 e. The fourth-order valence-electron chi connectivity index (χ4n) is 13.7. The van der Waals surface area contributed by atoms with Crippen molar-refractivity contribution < 1.29 is 0 Å². The van der Waals surface area contributed by atoms with Crippen LogP contribution in [0.25, 0.3) is 86.9 Å². The topological polar surface area (TPSA) is 0 Å². The van der Waals surface area contributed by atoms with E-state index in [9.17, 15) is 0 Å². The fourth-order valence-corrected chi connectivity index (χ4v) is 27.5. The predicted octanol–water partition coefficient (Wildman–Crippen LogP) is 17.1. The minimum absolute atomic E-state index is 0.573. The molecule has 0 atom stereocenters. The predicted molar refractivity (Wildman–Crippen MR) is 275 cm³/mol. The third-order valence-electron chi connectivity index (χ3n) is 15.7. The molecule has 0 aromatic heterocycles. The van der Waals surface area contributed by atoms with Crippen molar-refractivity contribution in [2.45, 2.75) is 116 Å². The van der Waals surface area contributed by atoms with Crippen LogP contribution >= 0.6 is 0 Å². The highest BCUT2D eigenvalue weighted by molar-refractivity contribution is 6.97. The van der Waals surface area contributed by atoms with Gasteiger partial charge in [0.2, 0.25) is 0 Å². The number of rotatable bonds is 10. The highest BCUT2D eigenvalue weighted by Crippen LogP contribution is 2.50. The minimum Gasteiger partial charge on any atom is -0.0648 e. The molecule has 2 heteroatoms. The molecule has 0 N–H and O–H groups in total. The zero-order chi connectivity index (χ0) is 42.4. The van der Waals surface area contributed by atoms with Crippen LogP contribution in [-0.2, 0) is 0 Å². The highest BCUT2D eigenvalue weighted by atomic mass is 28.3. The van der Waals surface area contributed by atoms with E-state index in [0.717, 1.165) is 0 Å². The normalized spacial score (nSPS) is 13.2. The maximum absolute atomic E-state index is 2.73. The summed E-state index contributed by atoms with van der Waals surface area (Å²) in [5.41, 5.74) is 8.92. The molecular formula is C58H64Si2. The van der Waals surface area contributed by atoms with Gasteiger partial charge in [0.05, 0.1) is 16.1 Å². The van der Waals surface area contributed by atoms with Gasteiger partial charge in [-0.2, -0.15) is 0 Å². The molecule has 0 fully saturated rings. The molecule has 9 rings (SSSR count). The van der Waals surface area contributed by atoms with Gasteiger partial charge in [-0.3, -0.25) is 0 Å². The number of hydrogen-bond donors (Lipinski definition) is 0. The van der Waals surface area contributed by atoms with Gasteiger partial charge in [0.25, 0.3) is 0 Å². The van der Waals surface area contributed by atoms with Crippen LogP contribution in [0.2, 0.25) is 33.2 Å². The molecule has 9 aromatic carbocycles. The van der Waals surface area contributed by atoms with E-state index in [4.69, 9.17) is 0 Å². The van der Waals surface area contributed by atoms with Gasteiger partial charge < -0.3 is 0 Å². The first-order valence-electron chi connectivity index (χ1n) is 22.9. The first-order valence-corrected chi connectivity index (χ1v) is 27.4. The van der Waals surface area contributed by atoms with Gasteiger partial charge in [-0.25, -0.2) is 0 Å². The first kappa shape index (κ1) is 40.6. The Morgan fingerprint density at radius 1 is 0.283 bits per heavy atom. The van der Waals surface area contributed by atoms with Crippen molar-refractivity contribution in [1.29, 1.82) is 0 Å². The second-order valence-corrected chi connectivity index (χ2v) is 31.8. The molecule has 0 aliphatic heterocycles. The molecule has 0 unspecified atom stereocenters. The Kier molecular flexibility index (Phi) is 10.2. The molecule has 0 aliphatic rings. The van der Waals surface area contributed by atoms with Crippen molar-refractivity contribution >= 4 is 91.2 Å². The Hall–Kier alpha value is -4.77. The first-order chi connectivity index (χ1) is 28.7. The van der Waals surface area contributed by atoms with Crippen molar-refractivity contribution in [1.82, 2.24) is 0 Å². The Morgan fingerprint density at radius 2 is 0.683 bits per heavy atom. The van der Waals surface area contributed by atoms with Crippen molar-refractivity contribution in [3.63, 3.8) is 0 Å². The molecule has 0 spiro atoms. The summed E-state index contributed by atoms with van der Waals surface area (Å²) < 4.78 is 0. The molecule has 0 amide bonds. The van der Waals surface area contributed by atoms with E-state index in [0.29, 0.717) is 33.2 Å². The van der Waals surface area contributed by atoms with Crippen LogP contribution in [0.1, 0.15) is 83.1 Å². The van der Waals surface area contributed by atoms with Crippen LogP contribution in [0.5, 0.6) is 0 Å². The molecule has 9 aromatic rings. The standard InChI is InChI=1S/C58H64Si2/c1-35(2)59(36(3)4,37(5)6)55-33-52(44-26-25-41-19-13-14-20-42(41)31-44)48-27-29-51-56(60(38(7)8,39(9)10)40(11)12)34-54(49-28-30-50(55)57(48)58(49)51)53-32-43-21-15-16-22-45(43)46-23-17-18-24-47(46)53/h13-40H,1-12H3. The summed E-state index contributed by atoms with van der Waals surface area (Å²) >= 11 is 0. The second-order valence-electron chi connectivity index (χ2n) is 20.1. The Labute approximate surface area is 361 Å². The summed E-state index contributed by atoms with van der Waals surface area (Å²) in [7, 11) is -4.34. The lowest BCUT2D eigenvalue weighted by atomic mass is 9.85. The van der Waals surface area contributed by atoms with Gasteiger partial charge in [-0.05, 0) is 132 Å². The summed E-state index contributed by atoms with van der Waals surface area (Å²) in [5.74, 6) is 0. The van der Waals surface area contributed by atoms with Crippen LogP contribution in [0, 0.1) is 0 Å². The van der Waals surface area contributed by atoms with Crippen LogP contribution in [-0.4, -0.2) is 16.1 Å². The summed E-state index contributed by atoms with van der Waals surface area (Å²) in [6.07, 6.45) is 0. The second kappa shape index (κ2) is 15.0. The number of benzene rings is 9. The summed E-state index contributed by atoms with van der Waals surface area (Å²) in [6, 6.07) is 52.4. The zero-order valence-electron chi connectivity index (χ0n) is 38.2. The van der Waals surface area contributed by atoms with Crippen LogP contribution < -0.4 is 10.4 Å². The lowest BCUT2D eigenvalue weighted by molar-refractivity contribution is 0.835. The van der Waals surface area contributed by atoms with E-state index < -0.39 is 16.1 Å². The average Bonchev–Trinajstić information content (AvgIpc) is 3.22. The molecule has 0 saturated heterocycles. The third kappa shape index (κ3) is 5.73. The lowest BCUT2D eigenvalue weighted by Crippen LogP contribution is -2.56. The Morgan fingerprint density at radius 3 is 1.22 bits per heavy atom. The monoisotopic (exact) mass is 816 g/mol. The highest BCUT2D eigenvalue weighted by Gasteiger charge is 2.47. The molecule has 60 heavy (non-hydrogen) atoms. The molecule has 0 bridgehead atoms. The van der Waals surface area contributed by atoms with Crippen molar-refractivity contribution in [3.05, 3.63) is 133 Å². The van der Waals surface area contributed by atoms with E-state index in [1.54, 1.807) is 10.4 Å². The Bertz CT molecular complexity index is 3020. The van der Waals surface area contributed by atoms with E-state index in [-0.39, 0.29) is 0 Å². The number of fused-ring (bicyclic) bond motifs is 4. The quantitative estimate of drug-likeness (QED) is 0.0953. The van der Waals surface area contributed by atoms with Crippen molar-refractivity contribution in [2.75, 3.05) is 0 Å². The van der Waals surface area contributed by atoms with Crippen LogP contribution in [0.4, 0.5) is 0 Å². The molecule has 304 valence electrons. The summed E-state index contributed by atoms with van der Waals surface area (Å²) in [5, 5.41) is 19.9. The Balaban J connectivity index is 1.55. The van der Waals surface area contributed by atoms with Crippen LogP contribution in [0.15, 0.2) is 133 Å². The summed E-state index contributed by atoms with van der Waals surface area (Å²) in [6.45, 7) is 30.5. The zero-order valence-corrected chi connectivity index (χ0v) is 40.2. The molecule has 0 saturated carbocycles. The van der Waals surface area contributed by atoms with Gasteiger partial charge in [-0.15, -0.1) is 0 Å². The molecular weight excluding hydrogens is 753 g/mol. The maximum Gasteiger partial charge on any atom is 0.0950 e. The SMILES string of the molecule is CC(C)[Si](c1cc(-c2ccc3ccccc3c2)c2ccc3c([Si](C(C)C)(C(C)C)C(C)C)cc(-c4cc5ccccc5c5ccccc45)c4ccc1c2c43)(C(C)C)C(C)C. The van der Waals surface area contributed by atoms with Crippen LogP contribution in [0.3, 0.4) is 0 Å². The third-order valence-corrected chi connectivity index (χ3v) is 29.8. The van der Waals surface area contributed by atoms with E-state index in [1.165, 1.54) is 86.9 Å². The van der Waals surface area contributed by atoms with Gasteiger partial charge in [0.1, 0.15) is 0 Å². The van der Waals surface area contributed by atoms with Gasteiger partial charge in [0.15, 0.2) is 0 Å². The molecule has 0 radical (unpaired) electrons. The molecule has 0 aliphatic carbocycles. The minimum atomic E-state index is -2.18. The number of hydrogen-bond acceptors (Lipinski definition) is 0. The van der Waals surface area contributed by atoms with Crippen molar-refractivity contribution in [2.24, 2.45) is 0 Å². The molecule has 0 nitrogen and oxygen atoms in total. The van der Waals surface area contributed by atoms with Crippen molar-refractivity contribution in [3.8, 4) is 22.3 Å². The van der Waals surface area contributed by atoms with Gasteiger partial charge in [0, 0.05) is 0 Å². The molecule has 0 heterocycles. The smallest absolute Gasteiger partial charge is 0.0648 e. The average molecular weight is 817 g/mol. The van der Waals surface area contributed by atoms with E-state index in [2.05, 4.69) is 217 Å². The van der Waals surface area contributed by atoms with Gasteiger partial charge in [-0.1, -0.05) is 215 Å². The lowest BCUT2D eigenvalue weighted by Gasteiger charge is -2.45. The van der Waals surface area contributed by atoms with E-state index in [1.807, 2.05) is 0 Å². The van der Waals surface area contributed by atoms with Gasteiger partial charge >= 0.3 is 0 Å². The maximum atomic E-state index is 2.73. The summed E-state index contributed by atoms with van der Waals surface area (Å²) in [4.78, 5) is 0. The fraction of sp³-hybridized carbons (Fsp3) is 0.310. The van der Waals surface area contributed by atoms with E-state index >= 15 is 0 Å².